The average molecular weight is 330 g/mol. The lowest BCUT2D eigenvalue weighted by molar-refractivity contribution is 0.102. The van der Waals surface area contributed by atoms with Crippen molar-refractivity contribution in [1.29, 1.82) is 0 Å². The first-order valence-electron chi connectivity index (χ1n) is 3.43. The third-order valence-corrected chi connectivity index (χ3v) is 3.11. The molecular weight excluding hydrogens is 320 g/mol. The van der Waals surface area contributed by atoms with Crippen LogP contribution in [0, 0.1) is 6.92 Å². The molecule has 3 nitrogen and oxygen atoms in total. The van der Waals surface area contributed by atoms with Crippen LogP contribution in [-0.2, 0) is 0 Å². The maximum absolute atomic E-state index is 11.3. The van der Waals surface area contributed by atoms with Crippen molar-refractivity contribution in [3.8, 4) is 0 Å². The Labute approximate surface area is 99.8 Å². The lowest BCUT2D eigenvalue weighted by Crippen LogP contribution is -1.98. The smallest absolute Gasteiger partial charge is 0.185 e. The minimum atomic E-state index is 0. The lowest BCUT2D eigenvalue weighted by Gasteiger charge is -1.89. The second-order valence-electron chi connectivity index (χ2n) is 2.24. The number of hydrogen-bond acceptors (Lipinski definition) is 4. The van der Waals surface area contributed by atoms with E-state index in [1.54, 1.807) is 7.05 Å². The fraction of sp³-hybridized carbons (Fsp3) is 0.429. The Morgan fingerprint density at radius 1 is 1.69 bits per heavy atom. The van der Waals surface area contributed by atoms with Crippen LogP contribution in [0.2, 0.25) is 0 Å². The first-order chi connectivity index (χ1) is 5.69. The van der Waals surface area contributed by atoms with E-state index in [1.807, 2.05) is 6.92 Å². The van der Waals surface area contributed by atoms with Gasteiger partial charge in [-0.3, -0.25) is 4.79 Å². The summed E-state index contributed by atoms with van der Waals surface area (Å²) in [5.74, 6) is 0.0894. The maximum Gasteiger partial charge on any atom is 0.185 e. The Balaban J connectivity index is 0.00000144. The van der Waals surface area contributed by atoms with Gasteiger partial charge in [-0.15, -0.1) is 17.0 Å². The van der Waals surface area contributed by atoms with E-state index in [1.165, 1.54) is 11.3 Å². The molecule has 0 atom stereocenters. The SMILES string of the molecule is Br.CNc1nc(C)c(C(=O)CBr)s1. The number of nitrogens with one attached hydrogen (secondary N) is 1. The van der Waals surface area contributed by atoms with Crippen molar-refractivity contribution in [3.05, 3.63) is 10.6 Å². The zero-order chi connectivity index (χ0) is 9.14. The number of hydrogen-bond donors (Lipinski definition) is 1. The number of aryl methyl sites for hydroxylation is 1. The number of Topliss-reactive ketones (excluding diaryl/α,β-unsaturated/α-hetero) is 1. The van der Waals surface area contributed by atoms with Crippen LogP contribution in [-0.4, -0.2) is 23.1 Å². The molecule has 1 aromatic heterocycles. The van der Waals surface area contributed by atoms with Gasteiger partial charge in [0.15, 0.2) is 10.9 Å². The van der Waals surface area contributed by atoms with Gasteiger partial charge in [-0.05, 0) is 6.92 Å². The molecule has 1 heterocycles. The molecule has 0 aromatic carbocycles. The van der Waals surface area contributed by atoms with Gasteiger partial charge in [0.25, 0.3) is 0 Å². The van der Waals surface area contributed by atoms with Crippen molar-refractivity contribution in [1.82, 2.24) is 4.98 Å². The molecule has 0 bridgehead atoms. The van der Waals surface area contributed by atoms with Crippen LogP contribution in [0.15, 0.2) is 0 Å². The van der Waals surface area contributed by atoms with Gasteiger partial charge in [-0.25, -0.2) is 4.98 Å². The summed E-state index contributed by atoms with van der Waals surface area (Å²) in [5, 5.41) is 4.06. The number of carbonyl (C=O) groups is 1. The number of thiazole rings is 1. The Bertz CT molecular complexity index is 301. The van der Waals surface area contributed by atoms with Gasteiger partial charge < -0.3 is 5.32 Å². The summed E-state index contributed by atoms with van der Waals surface area (Å²) in [5.41, 5.74) is 0.800. The molecule has 0 aliphatic rings. The number of carbonyl (C=O) groups excluding carboxylic acids is 1. The van der Waals surface area contributed by atoms with Crippen LogP contribution in [0.3, 0.4) is 0 Å². The highest BCUT2D eigenvalue weighted by Gasteiger charge is 2.12. The topological polar surface area (TPSA) is 42.0 Å². The van der Waals surface area contributed by atoms with E-state index in [0.29, 0.717) is 5.33 Å². The van der Waals surface area contributed by atoms with Gasteiger partial charge in [0, 0.05) is 7.05 Å². The average Bonchev–Trinajstić information content (AvgIpc) is 2.45. The van der Waals surface area contributed by atoms with Crippen molar-refractivity contribution in [2.24, 2.45) is 0 Å². The quantitative estimate of drug-likeness (QED) is 0.684. The summed E-state index contributed by atoms with van der Waals surface area (Å²) in [6.45, 7) is 1.84. The molecule has 0 radical (unpaired) electrons. The molecule has 1 aromatic rings. The Kier molecular flexibility index (Phi) is 5.75. The van der Waals surface area contributed by atoms with E-state index < -0.39 is 0 Å². The first-order valence-corrected chi connectivity index (χ1v) is 5.37. The zero-order valence-electron chi connectivity index (χ0n) is 7.26. The molecule has 0 saturated heterocycles. The molecule has 0 fully saturated rings. The molecule has 0 aliphatic heterocycles. The van der Waals surface area contributed by atoms with E-state index in [9.17, 15) is 4.79 Å². The van der Waals surface area contributed by atoms with Gasteiger partial charge in [0.05, 0.1) is 15.9 Å². The predicted molar refractivity (Wildman–Crippen MR) is 64.8 cm³/mol. The lowest BCUT2D eigenvalue weighted by atomic mass is 10.3. The third-order valence-electron chi connectivity index (χ3n) is 1.39. The van der Waals surface area contributed by atoms with E-state index in [2.05, 4.69) is 26.2 Å². The van der Waals surface area contributed by atoms with Crippen molar-refractivity contribution in [2.45, 2.75) is 6.92 Å². The number of aromatic nitrogens is 1. The monoisotopic (exact) mass is 328 g/mol. The summed E-state index contributed by atoms with van der Waals surface area (Å²) < 4.78 is 0. The van der Waals surface area contributed by atoms with Crippen LogP contribution < -0.4 is 5.32 Å². The maximum atomic E-state index is 11.3. The Morgan fingerprint density at radius 2 is 2.31 bits per heavy atom. The molecule has 0 aliphatic carbocycles. The largest absolute Gasteiger partial charge is 0.365 e. The molecular formula is C7H10Br2N2OS. The van der Waals surface area contributed by atoms with Crippen molar-refractivity contribution in [2.75, 3.05) is 17.7 Å². The second-order valence-corrected chi connectivity index (χ2v) is 3.80. The zero-order valence-corrected chi connectivity index (χ0v) is 11.4. The third kappa shape index (κ3) is 3.03. The van der Waals surface area contributed by atoms with E-state index in [0.717, 1.165) is 15.7 Å². The molecule has 0 amide bonds. The van der Waals surface area contributed by atoms with Crippen LogP contribution in [0.25, 0.3) is 0 Å². The van der Waals surface area contributed by atoms with Crippen molar-refractivity contribution >= 4 is 55.2 Å². The van der Waals surface area contributed by atoms with Gasteiger partial charge in [0.1, 0.15) is 0 Å². The first kappa shape index (κ1) is 13.1. The standard InChI is InChI=1S/C7H9BrN2OS.BrH/c1-4-6(5(11)3-8)12-7(9-2)10-4;/h3H2,1-2H3,(H,9,10);1H. The summed E-state index contributed by atoms with van der Waals surface area (Å²) in [6.07, 6.45) is 0. The molecule has 1 rings (SSSR count). The summed E-state index contributed by atoms with van der Waals surface area (Å²) in [4.78, 5) is 16.2. The molecule has 0 spiro atoms. The predicted octanol–water partition coefficient (Wildman–Crippen LogP) is 2.65. The Morgan fingerprint density at radius 3 is 2.69 bits per heavy atom. The molecule has 1 N–H and O–H groups in total. The number of halogens is 2. The fourth-order valence-electron chi connectivity index (χ4n) is 0.823. The molecule has 13 heavy (non-hydrogen) atoms. The van der Waals surface area contributed by atoms with Crippen molar-refractivity contribution < 1.29 is 4.79 Å². The van der Waals surface area contributed by atoms with Gasteiger partial charge in [-0.1, -0.05) is 27.3 Å². The van der Waals surface area contributed by atoms with E-state index in [-0.39, 0.29) is 22.8 Å². The summed E-state index contributed by atoms with van der Waals surface area (Å²) in [7, 11) is 1.79. The minimum absolute atomic E-state index is 0. The molecule has 6 heteroatoms. The van der Waals surface area contributed by atoms with Crippen LogP contribution in [0.1, 0.15) is 15.4 Å². The van der Waals surface area contributed by atoms with Crippen LogP contribution >= 0.6 is 44.2 Å². The molecule has 0 unspecified atom stereocenters. The van der Waals surface area contributed by atoms with Crippen LogP contribution in [0.4, 0.5) is 5.13 Å². The Hall–Kier alpha value is 0.0600. The molecule has 74 valence electrons. The van der Waals surface area contributed by atoms with Crippen molar-refractivity contribution in [3.63, 3.8) is 0 Å². The van der Waals surface area contributed by atoms with Crippen LogP contribution in [0.5, 0.6) is 0 Å². The van der Waals surface area contributed by atoms with Gasteiger partial charge in [-0.2, -0.15) is 0 Å². The highest BCUT2D eigenvalue weighted by Crippen LogP contribution is 2.22. The summed E-state index contributed by atoms with van der Waals surface area (Å²) in [6, 6.07) is 0. The minimum Gasteiger partial charge on any atom is -0.365 e. The number of alkyl halides is 1. The molecule has 0 saturated carbocycles. The summed E-state index contributed by atoms with van der Waals surface area (Å²) >= 11 is 4.52. The normalized spacial score (nSPS) is 9.15. The highest BCUT2D eigenvalue weighted by molar-refractivity contribution is 9.09. The van der Waals surface area contributed by atoms with Gasteiger partial charge in [0.2, 0.25) is 0 Å². The van der Waals surface area contributed by atoms with E-state index >= 15 is 0 Å². The van der Waals surface area contributed by atoms with Gasteiger partial charge >= 0.3 is 0 Å². The number of ketones is 1. The number of rotatable bonds is 3. The fourth-order valence-corrected chi connectivity index (χ4v) is 2.15. The highest BCUT2D eigenvalue weighted by atomic mass is 79.9. The number of nitrogens with zero attached hydrogens (tertiary/aromatic N) is 1. The number of anilines is 1. The van der Waals surface area contributed by atoms with E-state index in [4.69, 9.17) is 0 Å². The second kappa shape index (κ2) is 5.72.